The van der Waals surface area contributed by atoms with E-state index >= 15 is 0 Å². The number of guanidine groups is 1. The molecular formula is C23H32IN5O4. The molecule has 0 atom stereocenters. The van der Waals surface area contributed by atoms with Gasteiger partial charge in [0.05, 0.1) is 4.92 Å². The Bertz CT molecular complexity index is 941. The van der Waals surface area contributed by atoms with Crippen molar-refractivity contribution < 1.29 is 14.5 Å². The van der Waals surface area contributed by atoms with E-state index in [0.29, 0.717) is 25.6 Å². The summed E-state index contributed by atoms with van der Waals surface area (Å²) in [6.07, 6.45) is -0.355. The van der Waals surface area contributed by atoms with Crippen LogP contribution >= 0.6 is 24.0 Å². The molecule has 0 spiro atoms. The van der Waals surface area contributed by atoms with Gasteiger partial charge in [0, 0.05) is 45.9 Å². The third-order valence-electron chi connectivity index (χ3n) is 4.44. The van der Waals surface area contributed by atoms with Crippen molar-refractivity contribution in [3.63, 3.8) is 0 Å². The fraction of sp³-hybridized carbons (Fsp3) is 0.391. The lowest BCUT2D eigenvalue weighted by Gasteiger charge is -2.24. The molecule has 180 valence electrons. The lowest BCUT2D eigenvalue weighted by atomic mass is 10.1. The molecule has 2 aromatic rings. The summed E-state index contributed by atoms with van der Waals surface area (Å²) >= 11 is 0. The molecular weight excluding hydrogens is 537 g/mol. The lowest BCUT2D eigenvalue weighted by molar-refractivity contribution is -0.384. The first-order valence-corrected chi connectivity index (χ1v) is 10.3. The van der Waals surface area contributed by atoms with Crippen LogP contribution in [0.2, 0.25) is 0 Å². The number of nitrogens with one attached hydrogen (secondary N) is 2. The number of hydrogen-bond donors (Lipinski definition) is 2. The summed E-state index contributed by atoms with van der Waals surface area (Å²) in [7, 11) is 3.39. The maximum atomic E-state index is 12.1. The van der Waals surface area contributed by atoms with Crippen molar-refractivity contribution in [2.24, 2.45) is 4.99 Å². The number of ether oxygens (including phenoxy) is 1. The Labute approximate surface area is 211 Å². The van der Waals surface area contributed by atoms with Gasteiger partial charge in [0.1, 0.15) is 5.60 Å². The molecule has 0 saturated heterocycles. The Morgan fingerprint density at radius 1 is 1.00 bits per heavy atom. The Morgan fingerprint density at radius 3 is 1.88 bits per heavy atom. The zero-order valence-corrected chi connectivity index (χ0v) is 22.0. The maximum absolute atomic E-state index is 12.1. The molecule has 2 N–H and O–H groups in total. The minimum atomic E-state index is -0.522. The molecule has 10 heteroatoms. The van der Waals surface area contributed by atoms with Gasteiger partial charge in [0.25, 0.3) is 5.69 Å². The van der Waals surface area contributed by atoms with Gasteiger partial charge in [-0.1, -0.05) is 36.4 Å². The van der Waals surface area contributed by atoms with Crippen molar-refractivity contribution in [1.29, 1.82) is 0 Å². The third-order valence-corrected chi connectivity index (χ3v) is 4.44. The molecule has 0 aliphatic rings. The first-order chi connectivity index (χ1) is 15.1. The highest BCUT2D eigenvalue weighted by Gasteiger charge is 2.19. The summed E-state index contributed by atoms with van der Waals surface area (Å²) in [6.45, 7) is 7.05. The number of nitro benzene ring substituents is 1. The molecule has 0 aromatic heterocycles. The number of nitro groups is 1. The second-order valence-corrected chi connectivity index (χ2v) is 8.36. The molecule has 0 saturated carbocycles. The fourth-order valence-corrected chi connectivity index (χ4v) is 2.77. The number of carbonyl (C=O) groups excluding carboxylic acids is 1. The highest BCUT2D eigenvalue weighted by atomic mass is 127. The topological polar surface area (TPSA) is 109 Å². The minimum absolute atomic E-state index is 0. The average Bonchev–Trinajstić information content (AvgIpc) is 2.74. The van der Waals surface area contributed by atoms with Crippen LogP contribution in [0.3, 0.4) is 0 Å². The van der Waals surface area contributed by atoms with Crippen molar-refractivity contribution in [2.45, 2.75) is 46.0 Å². The first-order valence-electron chi connectivity index (χ1n) is 10.3. The number of nitrogens with zero attached hydrogens (tertiary/aromatic N) is 3. The summed E-state index contributed by atoms with van der Waals surface area (Å²) in [4.78, 5) is 28.2. The molecule has 0 unspecified atom stereocenters. The minimum Gasteiger partial charge on any atom is -0.444 e. The predicted octanol–water partition coefficient (Wildman–Crippen LogP) is 4.44. The number of non-ortho nitro benzene ring substituents is 1. The molecule has 0 bridgehead atoms. The Balaban J connectivity index is 0.00000544. The molecule has 0 fully saturated rings. The fourth-order valence-electron chi connectivity index (χ4n) is 2.77. The summed E-state index contributed by atoms with van der Waals surface area (Å²) in [6, 6.07) is 14.3. The van der Waals surface area contributed by atoms with E-state index in [1.54, 1.807) is 31.1 Å². The number of benzene rings is 2. The number of rotatable bonds is 7. The zero-order chi connectivity index (χ0) is 23.7. The van der Waals surface area contributed by atoms with Gasteiger partial charge >= 0.3 is 6.09 Å². The van der Waals surface area contributed by atoms with Crippen molar-refractivity contribution in [1.82, 2.24) is 15.5 Å². The lowest BCUT2D eigenvalue weighted by Crippen LogP contribution is -2.36. The van der Waals surface area contributed by atoms with E-state index in [4.69, 9.17) is 4.74 Å². The van der Waals surface area contributed by atoms with Crippen LogP contribution < -0.4 is 10.6 Å². The molecule has 0 radical (unpaired) electrons. The van der Waals surface area contributed by atoms with Gasteiger partial charge in [-0.15, -0.1) is 24.0 Å². The van der Waals surface area contributed by atoms with Gasteiger partial charge < -0.3 is 20.3 Å². The van der Waals surface area contributed by atoms with E-state index in [0.717, 1.165) is 16.7 Å². The van der Waals surface area contributed by atoms with Gasteiger partial charge in [0.2, 0.25) is 0 Å². The third kappa shape index (κ3) is 10.1. The van der Waals surface area contributed by atoms with Crippen LogP contribution in [-0.2, 0) is 24.4 Å². The second-order valence-electron chi connectivity index (χ2n) is 8.36. The summed E-state index contributed by atoms with van der Waals surface area (Å²) in [5.41, 5.74) is 2.52. The van der Waals surface area contributed by atoms with E-state index in [2.05, 4.69) is 15.6 Å². The van der Waals surface area contributed by atoms with Gasteiger partial charge in [-0.2, -0.15) is 0 Å². The number of hydrogen-bond acceptors (Lipinski definition) is 5. The van der Waals surface area contributed by atoms with Gasteiger partial charge in [-0.25, -0.2) is 4.79 Å². The van der Waals surface area contributed by atoms with Crippen LogP contribution in [0.15, 0.2) is 53.5 Å². The average molecular weight is 569 g/mol. The van der Waals surface area contributed by atoms with E-state index in [1.165, 1.54) is 12.1 Å². The smallest absolute Gasteiger partial charge is 0.410 e. The Kier molecular flexibility index (Phi) is 11.1. The Hall–Kier alpha value is -2.89. The number of aliphatic imine (C=N–C) groups is 1. The zero-order valence-electron chi connectivity index (χ0n) is 19.6. The molecule has 0 heterocycles. The van der Waals surface area contributed by atoms with Gasteiger partial charge in [0.15, 0.2) is 5.96 Å². The number of carbonyl (C=O) groups is 1. The quantitative estimate of drug-likeness (QED) is 0.168. The monoisotopic (exact) mass is 569 g/mol. The van der Waals surface area contributed by atoms with Crippen LogP contribution in [0, 0.1) is 10.1 Å². The van der Waals surface area contributed by atoms with Crippen LogP contribution in [0.1, 0.15) is 37.5 Å². The summed E-state index contributed by atoms with van der Waals surface area (Å²) in [5, 5.41) is 17.2. The van der Waals surface area contributed by atoms with Crippen molar-refractivity contribution >= 4 is 41.7 Å². The highest BCUT2D eigenvalue weighted by Crippen LogP contribution is 2.13. The normalized spacial score (nSPS) is 11.2. The molecule has 33 heavy (non-hydrogen) atoms. The molecule has 1 amide bonds. The van der Waals surface area contributed by atoms with Crippen molar-refractivity contribution in [3.8, 4) is 0 Å². The SMILES string of the molecule is CN=C(NCc1ccc(CN(C)C(=O)OC(C)(C)C)cc1)NCc1ccc([N+](=O)[O-])cc1.I. The van der Waals surface area contributed by atoms with Crippen LogP contribution in [0.25, 0.3) is 0 Å². The second kappa shape index (κ2) is 13.0. The summed E-state index contributed by atoms with van der Waals surface area (Å²) < 4.78 is 5.37. The molecule has 2 aromatic carbocycles. The molecule has 0 aliphatic heterocycles. The van der Waals surface area contributed by atoms with E-state index in [1.807, 2.05) is 45.0 Å². The largest absolute Gasteiger partial charge is 0.444 e. The molecule has 2 rings (SSSR count). The van der Waals surface area contributed by atoms with Gasteiger partial charge in [-0.3, -0.25) is 15.1 Å². The number of halogens is 1. The standard InChI is InChI=1S/C23H31N5O4.HI/c1-23(2,3)32-22(29)27(5)16-19-8-6-17(7-9-19)14-25-21(24-4)26-15-18-10-12-20(13-11-18)28(30)31;/h6-13H,14-16H2,1-5H3,(H2,24,25,26);1H. The first kappa shape index (κ1) is 28.1. The van der Waals surface area contributed by atoms with Crippen LogP contribution in [-0.4, -0.2) is 41.6 Å². The van der Waals surface area contributed by atoms with Crippen molar-refractivity contribution in [3.05, 3.63) is 75.3 Å². The summed E-state index contributed by atoms with van der Waals surface area (Å²) in [5.74, 6) is 0.622. The van der Waals surface area contributed by atoms with E-state index in [-0.39, 0.29) is 35.8 Å². The highest BCUT2D eigenvalue weighted by molar-refractivity contribution is 14.0. The Morgan fingerprint density at radius 2 is 1.45 bits per heavy atom. The predicted molar refractivity (Wildman–Crippen MR) is 140 cm³/mol. The molecule has 9 nitrogen and oxygen atoms in total. The van der Waals surface area contributed by atoms with E-state index in [9.17, 15) is 14.9 Å². The van der Waals surface area contributed by atoms with E-state index < -0.39 is 10.5 Å². The van der Waals surface area contributed by atoms with Crippen LogP contribution in [0.5, 0.6) is 0 Å². The van der Waals surface area contributed by atoms with Crippen molar-refractivity contribution in [2.75, 3.05) is 14.1 Å². The van der Waals surface area contributed by atoms with Gasteiger partial charge in [-0.05, 0) is 37.5 Å². The number of amides is 1. The van der Waals surface area contributed by atoms with Crippen LogP contribution in [0.4, 0.5) is 10.5 Å². The molecule has 0 aliphatic carbocycles. The maximum Gasteiger partial charge on any atom is 0.410 e.